The van der Waals surface area contributed by atoms with Gasteiger partial charge in [0.15, 0.2) is 0 Å². The molecule has 2 amide bonds. The van der Waals surface area contributed by atoms with Gasteiger partial charge in [-0.25, -0.2) is 0 Å². The lowest BCUT2D eigenvalue weighted by molar-refractivity contribution is -0.131. The second-order valence-corrected chi connectivity index (χ2v) is 4.59. The first-order valence-corrected chi connectivity index (χ1v) is 6.97. The predicted octanol–water partition coefficient (Wildman–Crippen LogP) is 1.08. The molecule has 0 aromatic heterocycles. The Morgan fingerprint density at radius 3 is 2.33 bits per heavy atom. The molecule has 0 atom stereocenters. The molecule has 0 fully saturated rings. The van der Waals surface area contributed by atoms with Crippen molar-refractivity contribution in [3.63, 3.8) is 0 Å². The van der Waals surface area contributed by atoms with Gasteiger partial charge < -0.3 is 9.47 Å². The first kappa shape index (κ1) is 17.4. The van der Waals surface area contributed by atoms with Crippen LogP contribution in [0.1, 0.15) is 12.5 Å². The molecule has 0 aliphatic heterocycles. The van der Waals surface area contributed by atoms with Crippen LogP contribution in [0.4, 0.5) is 0 Å². The van der Waals surface area contributed by atoms with E-state index in [0.29, 0.717) is 24.8 Å². The standard InChI is InChI=1S/C14H19ClN2O4/c1-2-20-7-8-21-10-14(19)17-16-13(18)9-11-3-5-12(15)6-4-11/h3-6H,2,7-10H2,1H3,(H,16,18)(H,17,19). The van der Waals surface area contributed by atoms with Crippen LogP contribution in [0, 0.1) is 0 Å². The highest BCUT2D eigenvalue weighted by molar-refractivity contribution is 6.30. The maximum absolute atomic E-state index is 11.6. The Morgan fingerprint density at radius 1 is 1.05 bits per heavy atom. The van der Waals surface area contributed by atoms with Gasteiger partial charge in [0.2, 0.25) is 5.91 Å². The van der Waals surface area contributed by atoms with Gasteiger partial charge in [0.25, 0.3) is 5.91 Å². The molecule has 0 saturated heterocycles. The van der Waals surface area contributed by atoms with Crippen molar-refractivity contribution in [2.45, 2.75) is 13.3 Å². The van der Waals surface area contributed by atoms with Crippen molar-refractivity contribution < 1.29 is 19.1 Å². The molecule has 21 heavy (non-hydrogen) atoms. The summed E-state index contributed by atoms with van der Waals surface area (Å²) < 4.78 is 10.1. The Labute approximate surface area is 128 Å². The Bertz CT molecular complexity index is 451. The number of hydrogen-bond donors (Lipinski definition) is 2. The van der Waals surface area contributed by atoms with Gasteiger partial charge in [-0.2, -0.15) is 0 Å². The van der Waals surface area contributed by atoms with Gasteiger partial charge in [-0.1, -0.05) is 23.7 Å². The number of carbonyl (C=O) groups excluding carboxylic acids is 2. The molecule has 116 valence electrons. The van der Waals surface area contributed by atoms with E-state index in [0.717, 1.165) is 5.56 Å². The van der Waals surface area contributed by atoms with Crippen molar-refractivity contribution in [2.75, 3.05) is 26.4 Å². The zero-order valence-corrected chi connectivity index (χ0v) is 12.6. The number of carbonyl (C=O) groups is 2. The quantitative estimate of drug-likeness (QED) is 0.556. The summed E-state index contributed by atoms with van der Waals surface area (Å²) in [5.74, 6) is -0.740. The molecule has 6 nitrogen and oxygen atoms in total. The van der Waals surface area contributed by atoms with Crippen LogP contribution in [0.5, 0.6) is 0 Å². The Morgan fingerprint density at radius 2 is 1.67 bits per heavy atom. The molecule has 0 saturated carbocycles. The van der Waals surface area contributed by atoms with Crippen LogP contribution in [0.15, 0.2) is 24.3 Å². The molecule has 7 heteroatoms. The van der Waals surface area contributed by atoms with Crippen LogP contribution < -0.4 is 10.9 Å². The van der Waals surface area contributed by atoms with E-state index in [4.69, 9.17) is 21.1 Å². The maximum atomic E-state index is 11.6. The number of rotatable bonds is 8. The Hall–Kier alpha value is -1.63. The molecule has 1 rings (SSSR count). The minimum atomic E-state index is -0.420. The molecular formula is C14H19ClN2O4. The fourth-order valence-corrected chi connectivity index (χ4v) is 1.56. The highest BCUT2D eigenvalue weighted by Crippen LogP contribution is 2.09. The monoisotopic (exact) mass is 314 g/mol. The van der Waals surface area contributed by atoms with Gasteiger partial charge in [-0.05, 0) is 24.6 Å². The highest BCUT2D eigenvalue weighted by atomic mass is 35.5. The SMILES string of the molecule is CCOCCOCC(=O)NNC(=O)Cc1ccc(Cl)cc1. The molecule has 1 aromatic rings. The molecule has 0 aliphatic rings. The summed E-state index contributed by atoms with van der Waals surface area (Å²) >= 11 is 5.75. The van der Waals surface area contributed by atoms with Gasteiger partial charge in [0.05, 0.1) is 19.6 Å². The third-order valence-electron chi connectivity index (χ3n) is 2.43. The van der Waals surface area contributed by atoms with E-state index in [1.807, 2.05) is 6.92 Å². The Kier molecular flexibility index (Phi) is 8.42. The van der Waals surface area contributed by atoms with Crippen LogP contribution >= 0.6 is 11.6 Å². The van der Waals surface area contributed by atoms with Crippen molar-refractivity contribution >= 4 is 23.4 Å². The summed E-state index contributed by atoms with van der Waals surface area (Å²) in [6.07, 6.45) is 0.155. The van der Waals surface area contributed by atoms with Crippen LogP contribution in [-0.4, -0.2) is 38.2 Å². The zero-order chi connectivity index (χ0) is 15.5. The van der Waals surface area contributed by atoms with Crippen molar-refractivity contribution in [2.24, 2.45) is 0 Å². The Balaban J connectivity index is 2.14. The maximum Gasteiger partial charge on any atom is 0.264 e. The number of hydrazine groups is 1. The molecule has 2 N–H and O–H groups in total. The number of amides is 2. The number of hydrogen-bond acceptors (Lipinski definition) is 4. The van der Waals surface area contributed by atoms with Crippen molar-refractivity contribution in [3.8, 4) is 0 Å². The normalized spacial score (nSPS) is 10.2. The van der Waals surface area contributed by atoms with E-state index < -0.39 is 5.91 Å². The second kappa shape index (κ2) is 10.1. The number of benzene rings is 1. The molecule has 0 aliphatic carbocycles. The molecule has 0 radical (unpaired) electrons. The van der Waals surface area contributed by atoms with E-state index in [1.165, 1.54) is 0 Å². The number of nitrogens with one attached hydrogen (secondary N) is 2. The lowest BCUT2D eigenvalue weighted by Gasteiger charge is -2.08. The summed E-state index contributed by atoms with van der Waals surface area (Å²) in [6.45, 7) is 3.13. The average molecular weight is 315 g/mol. The molecule has 0 spiro atoms. The fraction of sp³-hybridized carbons (Fsp3) is 0.429. The lowest BCUT2D eigenvalue weighted by atomic mass is 10.1. The van der Waals surface area contributed by atoms with Crippen molar-refractivity contribution in [3.05, 3.63) is 34.9 Å². The first-order chi connectivity index (χ1) is 10.1. The summed E-state index contributed by atoms with van der Waals surface area (Å²) in [4.78, 5) is 23.0. The van der Waals surface area contributed by atoms with E-state index in [9.17, 15) is 9.59 Å². The molecule has 0 unspecified atom stereocenters. The van der Waals surface area contributed by atoms with Crippen molar-refractivity contribution in [1.29, 1.82) is 0 Å². The van der Waals surface area contributed by atoms with Gasteiger partial charge in [0, 0.05) is 11.6 Å². The summed E-state index contributed by atoms with van der Waals surface area (Å²) in [5, 5.41) is 0.608. The van der Waals surface area contributed by atoms with Crippen LogP contribution in [0.25, 0.3) is 0 Å². The highest BCUT2D eigenvalue weighted by Gasteiger charge is 2.06. The fourth-order valence-electron chi connectivity index (χ4n) is 1.43. The summed E-state index contributed by atoms with van der Waals surface area (Å²) in [6, 6.07) is 6.91. The van der Waals surface area contributed by atoms with Gasteiger partial charge in [-0.3, -0.25) is 20.4 Å². The topological polar surface area (TPSA) is 76.7 Å². The second-order valence-electron chi connectivity index (χ2n) is 4.15. The minimum absolute atomic E-state index is 0.131. The molecule has 0 heterocycles. The van der Waals surface area contributed by atoms with E-state index in [2.05, 4.69) is 10.9 Å². The van der Waals surface area contributed by atoms with Gasteiger partial charge >= 0.3 is 0 Å². The molecule has 1 aromatic carbocycles. The smallest absolute Gasteiger partial charge is 0.264 e. The lowest BCUT2D eigenvalue weighted by Crippen LogP contribution is -2.44. The first-order valence-electron chi connectivity index (χ1n) is 6.59. The summed E-state index contributed by atoms with van der Waals surface area (Å²) in [5.41, 5.74) is 5.39. The predicted molar refractivity (Wildman–Crippen MR) is 78.8 cm³/mol. The van der Waals surface area contributed by atoms with E-state index in [-0.39, 0.29) is 18.9 Å². The third kappa shape index (κ3) is 8.29. The number of halogens is 1. The van der Waals surface area contributed by atoms with E-state index in [1.54, 1.807) is 24.3 Å². The van der Waals surface area contributed by atoms with Crippen LogP contribution in [-0.2, 0) is 25.5 Å². The minimum Gasteiger partial charge on any atom is -0.379 e. The van der Waals surface area contributed by atoms with Crippen LogP contribution in [0.3, 0.4) is 0 Å². The van der Waals surface area contributed by atoms with Gasteiger partial charge in [-0.15, -0.1) is 0 Å². The van der Waals surface area contributed by atoms with Gasteiger partial charge in [0.1, 0.15) is 6.61 Å². The largest absolute Gasteiger partial charge is 0.379 e. The van der Waals surface area contributed by atoms with Crippen molar-refractivity contribution in [1.82, 2.24) is 10.9 Å². The number of ether oxygens (including phenoxy) is 2. The summed E-state index contributed by atoms with van der Waals surface area (Å²) in [7, 11) is 0. The molecule has 0 bridgehead atoms. The van der Waals surface area contributed by atoms with Crippen LogP contribution in [0.2, 0.25) is 5.02 Å². The third-order valence-corrected chi connectivity index (χ3v) is 2.68. The van der Waals surface area contributed by atoms with E-state index >= 15 is 0 Å². The average Bonchev–Trinajstić information content (AvgIpc) is 2.47. The molecular weight excluding hydrogens is 296 g/mol. The zero-order valence-electron chi connectivity index (χ0n) is 11.9.